The number of aryl methyl sites for hydroxylation is 2. The van der Waals surface area contributed by atoms with Gasteiger partial charge >= 0.3 is 5.97 Å². The topological polar surface area (TPSA) is 77.7 Å². The molecule has 22 heavy (non-hydrogen) atoms. The van der Waals surface area contributed by atoms with E-state index in [1.807, 2.05) is 20.9 Å². The molecule has 0 aromatic carbocycles. The Kier molecular flexibility index (Phi) is 5.18. The van der Waals surface area contributed by atoms with Crippen LogP contribution in [0, 0.1) is 19.8 Å². The number of anilines is 1. The third kappa shape index (κ3) is 3.65. The smallest absolute Gasteiger partial charge is 0.309 e. The zero-order valence-electron chi connectivity index (χ0n) is 13.7. The number of quaternary nitrogens is 1. The number of piperidine rings is 1. The highest BCUT2D eigenvalue weighted by atomic mass is 16.5. The zero-order chi connectivity index (χ0) is 16.3. The van der Waals surface area contributed by atoms with Gasteiger partial charge in [-0.3, -0.25) is 14.3 Å². The van der Waals surface area contributed by atoms with Crippen LogP contribution >= 0.6 is 0 Å². The molecule has 0 atom stereocenters. The third-order valence-corrected chi connectivity index (χ3v) is 4.41. The molecule has 1 fully saturated rings. The second-order valence-corrected chi connectivity index (χ2v) is 5.94. The number of carbonyl (C=O) groups excluding carboxylic acids is 2. The van der Waals surface area contributed by atoms with E-state index in [2.05, 4.69) is 10.4 Å². The molecule has 1 saturated heterocycles. The predicted octanol–water partition coefficient (Wildman–Crippen LogP) is -0.557. The number of ether oxygens (including phenoxy) is 1. The molecule has 7 nitrogen and oxygen atoms in total. The van der Waals surface area contributed by atoms with Gasteiger partial charge < -0.3 is 15.0 Å². The number of rotatable bonds is 4. The molecule has 0 saturated carbocycles. The molecule has 0 spiro atoms. The molecule has 0 bridgehead atoms. The number of aromatic nitrogens is 2. The number of hydrogen-bond donors (Lipinski definition) is 2. The van der Waals surface area contributed by atoms with Crippen molar-refractivity contribution in [1.82, 2.24) is 9.78 Å². The summed E-state index contributed by atoms with van der Waals surface area (Å²) in [5, 5.41) is 7.25. The van der Waals surface area contributed by atoms with Gasteiger partial charge in [-0.05, 0) is 13.8 Å². The van der Waals surface area contributed by atoms with Crippen molar-refractivity contribution >= 4 is 17.6 Å². The normalized spacial score (nSPS) is 21.5. The van der Waals surface area contributed by atoms with Crippen molar-refractivity contribution in [2.45, 2.75) is 26.7 Å². The van der Waals surface area contributed by atoms with E-state index in [9.17, 15) is 9.59 Å². The molecule has 0 aliphatic carbocycles. The van der Waals surface area contributed by atoms with Gasteiger partial charge in [0.2, 0.25) is 0 Å². The van der Waals surface area contributed by atoms with Crippen LogP contribution in [-0.4, -0.2) is 48.4 Å². The zero-order valence-corrected chi connectivity index (χ0v) is 13.7. The summed E-state index contributed by atoms with van der Waals surface area (Å²) in [4.78, 5) is 24.9. The highest BCUT2D eigenvalue weighted by molar-refractivity contribution is 5.92. The number of methoxy groups -OCH3 is 1. The third-order valence-electron chi connectivity index (χ3n) is 4.41. The predicted molar refractivity (Wildman–Crippen MR) is 81.6 cm³/mol. The fraction of sp³-hybridized carbons (Fsp3) is 0.667. The van der Waals surface area contributed by atoms with Crippen LogP contribution in [0.2, 0.25) is 0 Å². The molecular weight excluding hydrogens is 284 g/mol. The minimum Gasteiger partial charge on any atom is -0.469 e. The van der Waals surface area contributed by atoms with Gasteiger partial charge in [0.1, 0.15) is 0 Å². The van der Waals surface area contributed by atoms with Crippen LogP contribution in [0.15, 0.2) is 0 Å². The van der Waals surface area contributed by atoms with Crippen molar-refractivity contribution in [3.63, 3.8) is 0 Å². The highest BCUT2D eigenvalue weighted by Crippen LogP contribution is 2.17. The van der Waals surface area contributed by atoms with Crippen molar-refractivity contribution < 1.29 is 19.2 Å². The van der Waals surface area contributed by atoms with Crippen LogP contribution in [0.4, 0.5) is 5.69 Å². The standard InChI is InChI=1S/C15H24N4O3/c1-10-14(11(2)18(3)17-10)16-13(20)9-19-7-5-12(6-8-19)15(21)22-4/h12H,5-9H2,1-4H3,(H,16,20)/p+1. The summed E-state index contributed by atoms with van der Waals surface area (Å²) in [7, 11) is 3.29. The lowest BCUT2D eigenvalue weighted by Crippen LogP contribution is -3.14. The average Bonchev–Trinajstić information content (AvgIpc) is 2.73. The molecule has 1 amide bonds. The number of likely N-dealkylation sites (tertiary alicyclic amines) is 1. The summed E-state index contributed by atoms with van der Waals surface area (Å²) in [5.74, 6) is -0.157. The quantitative estimate of drug-likeness (QED) is 0.731. The number of hydrogen-bond acceptors (Lipinski definition) is 4. The van der Waals surface area contributed by atoms with Crippen LogP contribution in [0.3, 0.4) is 0 Å². The average molecular weight is 309 g/mol. The number of carbonyl (C=O) groups is 2. The van der Waals surface area contributed by atoms with E-state index in [0.29, 0.717) is 6.54 Å². The lowest BCUT2D eigenvalue weighted by molar-refractivity contribution is -0.897. The van der Waals surface area contributed by atoms with Crippen LogP contribution in [0.25, 0.3) is 0 Å². The number of nitrogens with one attached hydrogen (secondary N) is 2. The van der Waals surface area contributed by atoms with Crippen LogP contribution in [0.1, 0.15) is 24.2 Å². The number of nitrogens with zero attached hydrogens (tertiary/aromatic N) is 2. The first-order valence-corrected chi connectivity index (χ1v) is 7.63. The fourth-order valence-corrected chi connectivity index (χ4v) is 2.97. The minimum atomic E-state index is -0.134. The molecule has 2 N–H and O–H groups in total. The van der Waals surface area contributed by atoms with Crippen molar-refractivity contribution in [3.05, 3.63) is 11.4 Å². The van der Waals surface area contributed by atoms with E-state index in [4.69, 9.17) is 4.74 Å². The molecule has 2 heterocycles. The monoisotopic (exact) mass is 309 g/mol. The lowest BCUT2D eigenvalue weighted by atomic mass is 9.97. The summed E-state index contributed by atoms with van der Waals surface area (Å²) in [6.45, 7) is 5.87. The van der Waals surface area contributed by atoms with E-state index >= 15 is 0 Å². The maximum absolute atomic E-state index is 12.2. The van der Waals surface area contributed by atoms with Gasteiger partial charge in [0.25, 0.3) is 5.91 Å². The van der Waals surface area contributed by atoms with Crippen LogP contribution in [0.5, 0.6) is 0 Å². The van der Waals surface area contributed by atoms with E-state index in [1.165, 1.54) is 12.0 Å². The first-order chi connectivity index (χ1) is 10.4. The van der Waals surface area contributed by atoms with Crippen molar-refractivity contribution in [2.75, 3.05) is 32.1 Å². The Morgan fingerprint density at radius 2 is 2.00 bits per heavy atom. The second-order valence-electron chi connectivity index (χ2n) is 5.94. The molecule has 1 aromatic heterocycles. The molecule has 0 unspecified atom stereocenters. The Balaban J connectivity index is 1.85. The molecular formula is C15H25N4O3+. The first-order valence-electron chi connectivity index (χ1n) is 7.63. The highest BCUT2D eigenvalue weighted by Gasteiger charge is 2.29. The van der Waals surface area contributed by atoms with Gasteiger partial charge in [0.15, 0.2) is 6.54 Å². The fourth-order valence-electron chi connectivity index (χ4n) is 2.97. The Bertz CT molecular complexity index is 559. The van der Waals surface area contributed by atoms with E-state index in [-0.39, 0.29) is 17.8 Å². The Morgan fingerprint density at radius 1 is 1.36 bits per heavy atom. The van der Waals surface area contributed by atoms with Gasteiger partial charge in [0, 0.05) is 19.9 Å². The molecule has 2 rings (SSSR count). The summed E-state index contributed by atoms with van der Waals surface area (Å²) in [6, 6.07) is 0. The van der Waals surface area contributed by atoms with Gasteiger partial charge in [-0.1, -0.05) is 0 Å². The Labute approximate surface area is 130 Å². The second kappa shape index (κ2) is 6.91. The molecule has 1 aliphatic rings. The van der Waals surface area contributed by atoms with Crippen LogP contribution in [-0.2, 0) is 21.4 Å². The molecule has 0 radical (unpaired) electrons. The van der Waals surface area contributed by atoms with Gasteiger partial charge in [-0.25, -0.2) is 0 Å². The van der Waals surface area contributed by atoms with E-state index in [0.717, 1.165) is 43.0 Å². The number of amides is 1. The summed E-state index contributed by atoms with van der Waals surface area (Å²) >= 11 is 0. The minimum absolute atomic E-state index is 0.00859. The largest absolute Gasteiger partial charge is 0.469 e. The lowest BCUT2D eigenvalue weighted by Gasteiger charge is -2.27. The van der Waals surface area contributed by atoms with Crippen molar-refractivity contribution in [3.8, 4) is 0 Å². The van der Waals surface area contributed by atoms with E-state index in [1.54, 1.807) is 4.68 Å². The number of esters is 1. The molecule has 1 aliphatic heterocycles. The van der Waals surface area contributed by atoms with Crippen molar-refractivity contribution in [2.24, 2.45) is 13.0 Å². The Hall–Kier alpha value is -1.89. The molecule has 7 heteroatoms. The van der Waals surface area contributed by atoms with Crippen molar-refractivity contribution in [1.29, 1.82) is 0 Å². The first kappa shape index (κ1) is 16.5. The van der Waals surface area contributed by atoms with Gasteiger partial charge in [0.05, 0.1) is 43.2 Å². The molecule has 1 aromatic rings. The SMILES string of the molecule is COC(=O)C1CC[NH+](CC(=O)Nc2c(C)nn(C)c2C)CC1. The van der Waals surface area contributed by atoms with Gasteiger partial charge in [-0.15, -0.1) is 0 Å². The maximum Gasteiger partial charge on any atom is 0.309 e. The summed E-state index contributed by atoms with van der Waals surface area (Å²) < 4.78 is 6.54. The summed E-state index contributed by atoms with van der Waals surface area (Å²) in [5.41, 5.74) is 2.58. The summed E-state index contributed by atoms with van der Waals surface area (Å²) in [6.07, 6.45) is 1.56. The van der Waals surface area contributed by atoms with E-state index < -0.39 is 0 Å². The van der Waals surface area contributed by atoms with Gasteiger partial charge in [-0.2, -0.15) is 5.10 Å². The molecule has 122 valence electrons. The van der Waals surface area contributed by atoms with Crippen LogP contribution < -0.4 is 10.2 Å². The maximum atomic E-state index is 12.2. The Morgan fingerprint density at radius 3 is 2.50 bits per heavy atom.